The fourth-order valence-electron chi connectivity index (χ4n) is 5.40. The molecule has 0 saturated carbocycles. The average Bonchev–Trinajstić information content (AvgIpc) is 3.58. The number of esters is 4. The van der Waals surface area contributed by atoms with Crippen LogP contribution in [0.2, 0.25) is 0 Å². The molecular weight excluding hydrogens is 554 g/mol. The summed E-state index contributed by atoms with van der Waals surface area (Å²) in [5, 5.41) is 6.39. The van der Waals surface area contributed by atoms with Gasteiger partial charge in [-0.1, -0.05) is 66.7 Å². The second-order valence-electron chi connectivity index (χ2n) is 9.25. The summed E-state index contributed by atoms with van der Waals surface area (Å²) in [5.41, 5.74) is -2.50. The number of anilines is 2. The molecule has 1 spiro atoms. The van der Waals surface area contributed by atoms with E-state index in [0.29, 0.717) is 16.9 Å². The molecule has 0 aromatic heterocycles. The van der Waals surface area contributed by atoms with Crippen LogP contribution in [-0.4, -0.2) is 63.8 Å². The topological polar surface area (TPSA) is 124 Å². The standard InChI is InChI=1S/C32H27N3O8/c1-40-28(36)23-24(29(37)41-2)26(31(39)43-4)32(25(23)30(38)42-3)34(21-16-10-6-11-17-21)27(20-14-8-5-9-15-20)33-35(32)22-18-12-7-13-19-22/h5-19H,1-4H3. The van der Waals surface area contributed by atoms with E-state index < -0.39 is 51.8 Å². The van der Waals surface area contributed by atoms with Crippen molar-refractivity contribution in [2.45, 2.75) is 5.66 Å². The Balaban J connectivity index is 2.06. The smallest absolute Gasteiger partial charge is 0.339 e. The van der Waals surface area contributed by atoms with Crippen LogP contribution >= 0.6 is 0 Å². The van der Waals surface area contributed by atoms with Gasteiger partial charge in [0.05, 0.1) is 45.3 Å². The van der Waals surface area contributed by atoms with Gasteiger partial charge in [0.25, 0.3) is 0 Å². The summed E-state index contributed by atoms with van der Waals surface area (Å²) in [4.78, 5) is 56.7. The molecule has 218 valence electrons. The van der Waals surface area contributed by atoms with Crippen LogP contribution in [0.5, 0.6) is 0 Å². The van der Waals surface area contributed by atoms with Crippen LogP contribution in [0.4, 0.5) is 11.4 Å². The Hall–Kier alpha value is -5.71. The molecule has 0 amide bonds. The number of methoxy groups -OCH3 is 4. The molecule has 0 N–H and O–H groups in total. The number of carbonyl (C=O) groups excluding carboxylic acids is 4. The Morgan fingerprint density at radius 2 is 0.953 bits per heavy atom. The van der Waals surface area contributed by atoms with Crippen LogP contribution in [0, 0.1) is 0 Å². The number of para-hydroxylation sites is 2. The van der Waals surface area contributed by atoms with Crippen molar-refractivity contribution in [3.05, 3.63) is 119 Å². The Morgan fingerprint density at radius 3 is 1.37 bits per heavy atom. The first-order valence-corrected chi connectivity index (χ1v) is 13.0. The van der Waals surface area contributed by atoms with Crippen molar-refractivity contribution in [2.24, 2.45) is 5.10 Å². The van der Waals surface area contributed by atoms with Crippen LogP contribution < -0.4 is 9.91 Å². The summed E-state index contributed by atoms with van der Waals surface area (Å²) in [7, 11) is 4.43. The maximum Gasteiger partial charge on any atom is 0.339 e. The largest absolute Gasteiger partial charge is 0.466 e. The molecule has 5 rings (SSSR count). The van der Waals surface area contributed by atoms with Crippen LogP contribution in [0.15, 0.2) is 118 Å². The maximum atomic E-state index is 14.0. The van der Waals surface area contributed by atoms with Crippen molar-refractivity contribution < 1.29 is 38.1 Å². The fraction of sp³-hybridized carbons (Fsp3) is 0.156. The van der Waals surface area contributed by atoms with E-state index >= 15 is 0 Å². The van der Waals surface area contributed by atoms with Gasteiger partial charge in [-0.25, -0.2) is 24.2 Å². The lowest BCUT2D eigenvalue weighted by atomic mass is 9.89. The van der Waals surface area contributed by atoms with E-state index in [2.05, 4.69) is 0 Å². The van der Waals surface area contributed by atoms with E-state index in [-0.39, 0.29) is 5.84 Å². The number of benzene rings is 3. The van der Waals surface area contributed by atoms with Crippen molar-refractivity contribution in [2.75, 3.05) is 38.3 Å². The predicted octanol–water partition coefficient (Wildman–Crippen LogP) is 3.37. The molecule has 3 aromatic rings. The molecule has 3 aromatic carbocycles. The Kier molecular flexibility index (Phi) is 7.80. The van der Waals surface area contributed by atoms with Crippen LogP contribution in [0.1, 0.15) is 5.56 Å². The second-order valence-corrected chi connectivity index (χ2v) is 9.25. The van der Waals surface area contributed by atoms with Crippen molar-refractivity contribution in [1.29, 1.82) is 0 Å². The highest BCUT2D eigenvalue weighted by Gasteiger charge is 2.67. The Labute approximate surface area is 247 Å². The summed E-state index contributed by atoms with van der Waals surface area (Å²) < 4.78 is 20.6. The van der Waals surface area contributed by atoms with Crippen LogP contribution in [0.25, 0.3) is 0 Å². The van der Waals surface area contributed by atoms with Gasteiger partial charge in [0.2, 0.25) is 5.66 Å². The van der Waals surface area contributed by atoms with Gasteiger partial charge in [-0.3, -0.25) is 4.90 Å². The molecule has 0 bridgehead atoms. The first-order valence-electron chi connectivity index (χ1n) is 13.0. The number of hydrazone groups is 1. The minimum atomic E-state index is -2.14. The Morgan fingerprint density at radius 1 is 0.558 bits per heavy atom. The van der Waals surface area contributed by atoms with E-state index in [9.17, 15) is 19.2 Å². The van der Waals surface area contributed by atoms with Gasteiger partial charge in [0.1, 0.15) is 11.1 Å². The van der Waals surface area contributed by atoms with Gasteiger partial charge in [0.15, 0.2) is 5.84 Å². The third kappa shape index (κ3) is 4.42. The number of hydrogen-bond donors (Lipinski definition) is 0. The van der Waals surface area contributed by atoms with Crippen molar-refractivity contribution in [1.82, 2.24) is 0 Å². The fourth-order valence-corrected chi connectivity index (χ4v) is 5.40. The van der Waals surface area contributed by atoms with Crippen molar-refractivity contribution >= 4 is 41.1 Å². The van der Waals surface area contributed by atoms with Gasteiger partial charge in [-0.2, -0.15) is 5.10 Å². The molecule has 11 heteroatoms. The highest BCUT2D eigenvalue weighted by Crippen LogP contribution is 2.54. The van der Waals surface area contributed by atoms with E-state index in [4.69, 9.17) is 24.0 Å². The number of hydrogen-bond acceptors (Lipinski definition) is 11. The van der Waals surface area contributed by atoms with E-state index in [1.165, 1.54) is 5.01 Å². The van der Waals surface area contributed by atoms with Gasteiger partial charge in [-0.05, 0) is 24.3 Å². The predicted molar refractivity (Wildman–Crippen MR) is 156 cm³/mol. The van der Waals surface area contributed by atoms with E-state index in [0.717, 1.165) is 28.4 Å². The molecule has 1 heterocycles. The molecule has 43 heavy (non-hydrogen) atoms. The quantitative estimate of drug-likeness (QED) is 0.303. The van der Waals surface area contributed by atoms with E-state index in [1.807, 2.05) is 6.07 Å². The monoisotopic (exact) mass is 581 g/mol. The average molecular weight is 582 g/mol. The summed E-state index contributed by atoms with van der Waals surface area (Å²) in [5.74, 6) is -3.91. The highest BCUT2D eigenvalue weighted by molar-refractivity contribution is 6.26. The molecule has 0 atom stereocenters. The van der Waals surface area contributed by atoms with Gasteiger partial charge >= 0.3 is 23.9 Å². The molecule has 1 aliphatic heterocycles. The number of nitrogens with zero attached hydrogens (tertiary/aromatic N) is 3. The molecule has 11 nitrogen and oxygen atoms in total. The Bertz CT molecular complexity index is 1630. The maximum absolute atomic E-state index is 14.0. The van der Waals surface area contributed by atoms with Crippen LogP contribution in [0.3, 0.4) is 0 Å². The number of ether oxygens (including phenoxy) is 4. The molecule has 0 saturated heterocycles. The summed E-state index contributed by atoms with van der Waals surface area (Å²) in [6.45, 7) is 0. The molecule has 2 aliphatic rings. The van der Waals surface area contributed by atoms with Crippen molar-refractivity contribution in [3.63, 3.8) is 0 Å². The zero-order valence-corrected chi connectivity index (χ0v) is 23.8. The normalized spacial score (nSPS) is 15.4. The summed E-state index contributed by atoms with van der Waals surface area (Å²) in [6, 6.07) is 26.5. The third-order valence-corrected chi connectivity index (χ3v) is 7.09. The van der Waals surface area contributed by atoms with E-state index in [1.54, 1.807) is 89.8 Å². The second kappa shape index (κ2) is 11.6. The SMILES string of the molecule is COC(=O)C1=C(C(=O)OC)C2(C(C(=O)OC)=C1C(=O)OC)N(c1ccccc1)N=C(c1ccccc1)N2c1ccccc1. The lowest BCUT2D eigenvalue weighted by Crippen LogP contribution is -2.61. The molecule has 0 fully saturated rings. The third-order valence-electron chi connectivity index (χ3n) is 7.09. The minimum absolute atomic E-state index is 0.286. The van der Waals surface area contributed by atoms with Gasteiger partial charge < -0.3 is 18.9 Å². The first-order chi connectivity index (χ1) is 20.9. The number of amidine groups is 1. The zero-order chi connectivity index (χ0) is 30.7. The lowest BCUT2D eigenvalue weighted by Gasteiger charge is -2.43. The molecule has 1 aliphatic carbocycles. The van der Waals surface area contributed by atoms with Crippen molar-refractivity contribution in [3.8, 4) is 0 Å². The summed E-state index contributed by atoms with van der Waals surface area (Å²) in [6.07, 6.45) is 0. The minimum Gasteiger partial charge on any atom is -0.466 e. The molecule has 0 unspecified atom stereocenters. The number of rotatable bonds is 7. The lowest BCUT2D eigenvalue weighted by molar-refractivity contribution is -0.140. The highest BCUT2D eigenvalue weighted by atomic mass is 16.5. The van der Waals surface area contributed by atoms with Crippen LogP contribution in [-0.2, 0) is 38.1 Å². The molecular formula is C32H27N3O8. The first kappa shape index (κ1) is 28.8. The van der Waals surface area contributed by atoms with Gasteiger partial charge in [0, 0.05) is 11.3 Å². The molecule has 0 radical (unpaired) electrons. The number of carbonyl (C=O) groups is 4. The van der Waals surface area contributed by atoms with Gasteiger partial charge in [-0.15, -0.1) is 0 Å². The zero-order valence-electron chi connectivity index (χ0n) is 23.8. The summed E-state index contributed by atoms with van der Waals surface area (Å²) >= 11 is 0.